The fraction of sp³-hybridized carbons (Fsp3) is 0.500. The number of allylic oxidation sites excluding steroid dienone is 4. The van der Waals surface area contributed by atoms with E-state index in [1.165, 1.54) is 0 Å². The van der Waals surface area contributed by atoms with Crippen molar-refractivity contribution in [2.75, 3.05) is 0 Å². The average Bonchev–Trinajstić information content (AvgIpc) is 2.11. The van der Waals surface area contributed by atoms with Crippen molar-refractivity contribution in [3.05, 3.63) is 23.3 Å². The van der Waals surface area contributed by atoms with E-state index < -0.39 is 5.97 Å². The van der Waals surface area contributed by atoms with Gasteiger partial charge in [-0.05, 0) is 18.8 Å². The molecule has 2 atom stereocenters. The minimum absolute atomic E-state index is 0.282. The summed E-state index contributed by atoms with van der Waals surface area (Å²) in [6, 6.07) is 0. The Kier molecular flexibility index (Phi) is 3.39. The van der Waals surface area contributed by atoms with E-state index in [2.05, 4.69) is 6.08 Å². The molecule has 0 heterocycles. The summed E-state index contributed by atoms with van der Waals surface area (Å²) < 4.78 is 0. The molecule has 1 unspecified atom stereocenters. The van der Waals surface area contributed by atoms with E-state index in [0.29, 0.717) is 6.42 Å². The van der Waals surface area contributed by atoms with Crippen molar-refractivity contribution < 1.29 is 9.90 Å². The summed E-state index contributed by atoms with van der Waals surface area (Å²) in [4.78, 5) is 10.7. The zero-order chi connectivity index (χ0) is 10.7. The van der Waals surface area contributed by atoms with E-state index in [0.717, 1.165) is 17.6 Å². The minimum atomic E-state index is -0.733. The highest BCUT2D eigenvalue weighted by Crippen LogP contribution is 2.24. The standard InChI is InChI=1S/C10H16BNO2/c1-6(10(13)14)4-7-2-3-8(11)9(12)5-7/h2-3,6-7H,4-5,11-12H2,1H3,(H,13,14)/t6-,7?/m0/s1. The van der Waals surface area contributed by atoms with Crippen LogP contribution in [0.1, 0.15) is 19.8 Å². The SMILES string of the molecule is BC1=C(N)CC(C[C@H](C)C(=O)O)C=C1. The van der Waals surface area contributed by atoms with Gasteiger partial charge in [-0.15, -0.1) is 0 Å². The van der Waals surface area contributed by atoms with Gasteiger partial charge in [0.25, 0.3) is 0 Å². The molecule has 4 heteroatoms. The maximum absolute atomic E-state index is 10.7. The van der Waals surface area contributed by atoms with Crippen molar-refractivity contribution in [1.29, 1.82) is 0 Å². The predicted molar refractivity (Wildman–Crippen MR) is 58.4 cm³/mol. The molecule has 0 amide bonds. The van der Waals surface area contributed by atoms with Crippen LogP contribution in [-0.2, 0) is 4.79 Å². The molecular weight excluding hydrogens is 177 g/mol. The molecule has 0 aromatic heterocycles. The Morgan fingerprint density at radius 2 is 2.50 bits per heavy atom. The van der Waals surface area contributed by atoms with Crippen LogP contribution in [0.15, 0.2) is 23.3 Å². The number of rotatable bonds is 3. The lowest BCUT2D eigenvalue weighted by molar-refractivity contribution is -0.141. The first-order valence-electron chi connectivity index (χ1n) is 4.87. The van der Waals surface area contributed by atoms with E-state index in [-0.39, 0.29) is 11.8 Å². The van der Waals surface area contributed by atoms with Crippen molar-refractivity contribution in [2.24, 2.45) is 17.6 Å². The molecule has 0 fully saturated rings. The first-order chi connectivity index (χ1) is 6.50. The Labute approximate surface area is 85.1 Å². The van der Waals surface area contributed by atoms with Crippen LogP contribution in [0.25, 0.3) is 0 Å². The van der Waals surface area contributed by atoms with Gasteiger partial charge in [-0.1, -0.05) is 24.5 Å². The molecule has 3 nitrogen and oxygen atoms in total. The van der Waals surface area contributed by atoms with Crippen LogP contribution in [-0.4, -0.2) is 18.9 Å². The molecule has 3 N–H and O–H groups in total. The third kappa shape index (κ3) is 2.65. The predicted octanol–water partition coefficient (Wildman–Crippen LogP) is 0.477. The average molecular weight is 193 g/mol. The number of hydrogen-bond acceptors (Lipinski definition) is 2. The Bertz CT molecular complexity index is 296. The first kappa shape index (κ1) is 10.9. The van der Waals surface area contributed by atoms with Crippen LogP contribution in [0.2, 0.25) is 0 Å². The molecule has 76 valence electrons. The van der Waals surface area contributed by atoms with Gasteiger partial charge in [-0.25, -0.2) is 0 Å². The fourth-order valence-corrected chi connectivity index (χ4v) is 1.62. The molecule has 0 spiro atoms. The highest BCUT2D eigenvalue weighted by atomic mass is 16.4. The maximum Gasteiger partial charge on any atom is 0.306 e. The summed E-state index contributed by atoms with van der Waals surface area (Å²) in [5.41, 5.74) is 7.79. The van der Waals surface area contributed by atoms with E-state index in [1.807, 2.05) is 13.9 Å². The maximum atomic E-state index is 10.7. The first-order valence-corrected chi connectivity index (χ1v) is 4.87. The Balaban J connectivity index is 2.52. The number of hydrogen-bond donors (Lipinski definition) is 2. The van der Waals surface area contributed by atoms with Gasteiger partial charge in [0, 0.05) is 5.70 Å². The second-order valence-corrected chi connectivity index (χ2v) is 4.01. The molecule has 1 aliphatic rings. The van der Waals surface area contributed by atoms with Crippen molar-refractivity contribution >= 4 is 13.8 Å². The molecule has 0 saturated carbocycles. The smallest absolute Gasteiger partial charge is 0.306 e. The van der Waals surface area contributed by atoms with E-state index in [9.17, 15) is 4.79 Å². The molecule has 0 aliphatic heterocycles. The van der Waals surface area contributed by atoms with Crippen LogP contribution in [0.5, 0.6) is 0 Å². The second kappa shape index (κ2) is 4.35. The van der Waals surface area contributed by atoms with Crippen molar-refractivity contribution in [1.82, 2.24) is 0 Å². The third-order valence-corrected chi connectivity index (χ3v) is 2.68. The molecule has 0 bridgehead atoms. The molecule has 0 saturated heterocycles. The molecular formula is C10H16BNO2. The van der Waals surface area contributed by atoms with Gasteiger partial charge in [0.05, 0.1) is 5.92 Å². The molecule has 0 radical (unpaired) electrons. The molecule has 0 aromatic carbocycles. The number of carbonyl (C=O) groups is 1. The minimum Gasteiger partial charge on any atom is -0.481 e. The lowest BCUT2D eigenvalue weighted by atomic mass is 9.81. The van der Waals surface area contributed by atoms with E-state index in [4.69, 9.17) is 10.8 Å². The van der Waals surface area contributed by atoms with Crippen LogP contribution in [0.4, 0.5) is 0 Å². The summed E-state index contributed by atoms with van der Waals surface area (Å²) in [6.07, 6.45) is 5.50. The quantitative estimate of drug-likeness (QED) is 0.640. The van der Waals surface area contributed by atoms with Gasteiger partial charge in [0.1, 0.15) is 7.85 Å². The molecule has 1 rings (SSSR count). The monoisotopic (exact) mass is 193 g/mol. The van der Waals surface area contributed by atoms with Crippen molar-refractivity contribution in [2.45, 2.75) is 19.8 Å². The zero-order valence-corrected chi connectivity index (χ0v) is 8.66. The summed E-state index contributed by atoms with van der Waals surface area (Å²) >= 11 is 0. The van der Waals surface area contributed by atoms with Gasteiger partial charge in [0.15, 0.2) is 0 Å². The van der Waals surface area contributed by atoms with Gasteiger partial charge < -0.3 is 10.8 Å². The van der Waals surface area contributed by atoms with E-state index >= 15 is 0 Å². The van der Waals surface area contributed by atoms with Crippen LogP contribution in [0, 0.1) is 11.8 Å². The summed E-state index contributed by atoms with van der Waals surface area (Å²) in [6.45, 7) is 1.73. The third-order valence-electron chi connectivity index (χ3n) is 2.68. The topological polar surface area (TPSA) is 63.3 Å². The van der Waals surface area contributed by atoms with Gasteiger partial charge >= 0.3 is 5.97 Å². The second-order valence-electron chi connectivity index (χ2n) is 4.01. The summed E-state index contributed by atoms with van der Waals surface area (Å²) in [7, 11) is 1.97. The van der Waals surface area contributed by atoms with Crippen molar-refractivity contribution in [3.8, 4) is 0 Å². The van der Waals surface area contributed by atoms with Gasteiger partial charge in [-0.3, -0.25) is 4.79 Å². The molecule has 0 aromatic rings. The lowest BCUT2D eigenvalue weighted by Crippen LogP contribution is -2.18. The Morgan fingerprint density at radius 1 is 1.86 bits per heavy atom. The highest BCUT2D eigenvalue weighted by Gasteiger charge is 2.19. The van der Waals surface area contributed by atoms with Crippen LogP contribution in [0.3, 0.4) is 0 Å². The Morgan fingerprint density at radius 3 is 3.00 bits per heavy atom. The molecule has 1 aliphatic carbocycles. The van der Waals surface area contributed by atoms with Gasteiger partial charge in [-0.2, -0.15) is 0 Å². The Hall–Kier alpha value is -1.19. The highest BCUT2D eigenvalue weighted by molar-refractivity contribution is 6.23. The van der Waals surface area contributed by atoms with E-state index in [1.54, 1.807) is 6.92 Å². The normalized spacial score (nSPS) is 23.6. The van der Waals surface area contributed by atoms with Crippen molar-refractivity contribution in [3.63, 3.8) is 0 Å². The summed E-state index contributed by atoms with van der Waals surface area (Å²) in [5, 5.41) is 8.76. The number of nitrogens with two attached hydrogens (primary N) is 1. The number of aliphatic carboxylic acids is 1. The number of carboxylic acid groups (broad SMARTS) is 1. The largest absolute Gasteiger partial charge is 0.481 e. The van der Waals surface area contributed by atoms with Crippen LogP contribution >= 0.6 is 0 Å². The van der Waals surface area contributed by atoms with Crippen LogP contribution < -0.4 is 5.73 Å². The summed E-state index contributed by atoms with van der Waals surface area (Å²) in [5.74, 6) is -0.746. The van der Waals surface area contributed by atoms with Gasteiger partial charge in [0.2, 0.25) is 0 Å². The molecule has 14 heavy (non-hydrogen) atoms. The zero-order valence-electron chi connectivity index (χ0n) is 8.66. The fourth-order valence-electron chi connectivity index (χ4n) is 1.62. The number of carboxylic acids is 1. The lowest BCUT2D eigenvalue weighted by Gasteiger charge is -2.20.